The number of hydrogen-bond acceptors (Lipinski definition) is 4. The molecule has 1 aliphatic heterocycles. The van der Waals surface area contributed by atoms with Gasteiger partial charge in [0, 0.05) is 32.4 Å². The maximum absolute atomic E-state index is 12.6. The predicted octanol–water partition coefficient (Wildman–Crippen LogP) is 0.564. The molecule has 1 aromatic rings. The lowest BCUT2D eigenvalue weighted by Gasteiger charge is -2.21. The van der Waals surface area contributed by atoms with E-state index in [-0.39, 0.29) is 5.91 Å². The second-order valence-electron chi connectivity index (χ2n) is 6.11. The first-order chi connectivity index (χ1) is 10.0. The Morgan fingerprint density at radius 1 is 1.57 bits per heavy atom. The molecule has 1 unspecified atom stereocenters. The maximum Gasteiger partial charge on any atom is 0.257 e. The Labute approximate surface area is 126 Å². The van der Waals surface area contributed by atoms with E-state index in [4.69, 9.17) is 5.73 Å². The minimum atomic E-state index is 0.0704. The fourth-order valence-corrected chi connectivity index (χ4v) is 2.97. The van der Waals surface area contributed by atoms with Gasteiger partial charge in [0.2, 0.25) is 0 Å². The lowest BCUT2D eigenvalue weighted by Crippen LogP contribution is -2.33. The summed E-state index contributed by atoms with van der Waals surface area (Å²) in [5.41, 5.74) is 7.17. The molecule has 0 aliphatic carbocycles. The molecule has 6 heteroatoms. The lowest BCUT2D eigenvalue weighted by atomic mass is 10.1. The van der Waals surface area contributed by atoms with Gasteiger partial charge >= 0.3 is 0 Å². The minimum Gasteiger partial charge on any atom is -0.341 e. The standard InChI is InChI=1S/C15H27N5O/c1-12-14(9-17-20(12)7-4-6-16)15(21)19(3)11-13-5-8-18(2)10-13/h9,13H,4-8,10-11,16H2,1-3H3. The van der Waals surface area contributed by atoms with Crippen molar-refractivity contribution >= 4 is 5.91 Å². The van der Waals surface area contributed by atoms with Gasteiger partial charge in [-0.2, -0.15) is 5.10 Å². The Bertz CT molecular complexity index is 484. The molecule has 6 nitrogen and oxygen atoms in total. The Balaban J connectivity index is 1.97. The summed E-state index contributed by atoms with van der Waals surface area (Å²) in [5.74, 6) is 0.651. The number of amides is 1. The lowest BCUT2D eigenvalue weighted by molar-refractivity contribution is 0.0773. The minimum absolute atomic E-state index is 0.0704. The van der Waals surface area contributed by atoms with Gasteiger partial charge in [-0.3, -0.25) is 9.48 Å². The van der Waals surface area contributed by atoms with Gasteiger partial charge < -0.3 is 15.5 Å². The molecular weight excluding hydrogens is 266 g/mol. The number of rotatable bonds is 6. The Morgan fingerprint density at radius 3 is 2.95 bits per heavy atom. The zero-order valence-corrected chi connectivity index (χ0v) is 13.4. The van der Waals surface area contributed by atoms with Crippen LogP contribution in [0.25, 0.3) is 0 Å². The number of carbonyl (C=O) groups is 1. The van der Waals surface area contributed by atoms with Crippen molar-refractivity contribution in [2.45, 2.75) is 26.3 Å². The topological polar surface area (TPSA) is 67.4 Å². The molecule has 21 heavy (non-hydrogen) atoms. The van der Waals surface area contributed by atoms with Crippen LogP contribution in [0.15, 0.2) is 6.20 Å². The number of nitrogens with zero attached hydrogens (tertiary/aromatic N) is 4. The van der Waals surface area contributed by atoms with Gasteiger partial charge in [-0.1, -0.05) is 0 Å². The summed E-state index contributed by atoms with van der Waals surface area (Å²) in [4.78, 5) is 16.7. The summed E-state index contributed by atoms with van der Waals surface area (Å²) in [6, 6.07) is 0. The molecule has 118 valence electrons. The smallest absolute Gasteiger partial charge is 0.257 e. The van der Waals surface area contributed by atoms with Gasteiger partial charge in [-0.05, 0) is 45.8 Å². The highest BCUT2D eigenvalue weighted by Gasteiger charge is 2.24. The first kappa shape index (κ1) is 16.0. The Hall–Kier alpha value is -1.40. The van der Waals surface area contributed by atoms with Crippen LogP contribution in [0.1, 0.15) is 28.9 Å². The highest BCUT2D eigenvalue weighted by atomic mass is 16.2. The van der Waals surface area contributed by atoms with Gasteiger partial charge in [0.1, 0.15) is 0 Å². The summed E-state index contributed by atoms with van der Waals surface area (Å²) < 4.78 is 1.87. The van der Waals surface area contributed by atoms with Crippen molar-refractivity contribution in [3.05, 3.63) is 17.5 Å². The van der Waals surface area contributed by atoms with Gasteiger partial charge in [-0.25, -0.2) is 0 Å². The number of hydrogen-bond donors (Lipinski definition) is 1. The van der Waals surface area contributed by atoms with E-state index < -0.39 is 0 Å². The van der Waals surface area contributed by atoms with Crippen LogP contribution in [0.3, 0.4) is 0 Å². The molecule has 0 bridgehead atoms. The second-order valence-corrected chi connectivity index (χ2v) is 6.11. The summed E-state index contributed by atoms with van der Waals surface area (Å²) >= 11 is 0. The van der Waals surface area contributed by atoms with E-state index in [0.717, 1.165) is 38.3 Å². The molecule has 0 radical (unpaired) electrons. The van der Waals surface area contributed by atoms with Gasteiger partial charge in [-0.15, -0.1) is 0 Å². The maximum atomic E-state index is 12.6. The van der Waals surface area contributed by atoms with Crippen molar-refractivity contribution in [2.75, 3.05) is 40.3 Å². The van der Waals surface area contributed by atoms with E-state index in [1.54, 1.807) is 6.20 Å². The third-order valence-electron chi connectivity index (χ3n) is 4.28. The number of aryl methyl sites for hydroxylation is 1. The number of carbonyl (C=O) groups excluding carboxylic acids is 1. The number of aromatic nitrogens is 2. The Morgan fingerprint density at radius 2 is 2.33 bits per heavy atom. The molecule has 1 aliphatic rings. The van der Waals surface area contributed by atoms with E-state index in [1.165, 1.54) is 6.42 Å². The van der Waals surface area contributed by atoms with Crippen LogP contribution < -0.4 is 5.73 Å². The molecule has 2 N–H and O–H groups in total. The molecule has 0 spiro atoms. The van der Waals surface area contributed by atoms with Crippen molar-refractivity contribution in [3.63, 3.8) is 0 Å². The van der Waals surface area contributed by atoms with Crippen molar-refractivity contribution in [1.29, 1.82) is 0 Å². The molecular formula is C15H27N5O. The molecule has 1 saturated heterocycles. The fraction of sp³-hybridized carbons (Fsp3) is 0.733. The van der Waals surface area contributed by atoms with Gasteiger partial charge in [0.25, 0.3) is 5.91 Å². The van der Waals surface area contributed by atoms with Crippen LogP contribution in [0.4, 0.5) is 0 Å². The summed E-state index contributed by atoms with van der Waals surface area (Å²) in [6.07, 6.45) is 3.73. The molecule has 2 heterocycles. The number of nitrogens with two attached hydrogens (primary N) is 1. The van der Waals surface area contributed by atoms with E-state index in [0.29, 0.717) is 18.0 Å². The van der Waals surface area contributed by atoms with E-state index in [9.17, 15) is 4.79 Å². The van der Waals surface area contributed by atoms with E-state index in [1.807, 2.05) is 23.6 Å². The summed E-state index contributed by atoms with van der Waals surface area (Å²) in [7, 11) is 4.02. The van der Waals surface area contributed by atoms with Crippen LogP contribution in [0.2, 0.25) is 0 Å². The van der Waals surface area contributed by atoms with Crippen LogP contribution in [0, 0.1) is 12.8 Å². The van der Waals surface area contributed by atoms with E-state index in [2.05, 4.69) is 17.0 Å². The van der Waals surface area contributed by atoms with Crippen molar-refractivity contribution in [1.82, 2.24) is 19.6 Å². The quantitative estimate of drug-likeness (QED) is 0.832. The number of likely N-dealkylation sites (tertiary alicyclic amines) is 1. The van der Waals surface area contributed by atoms with Crippen molar-refractivity contribution in [2.24, 2.45) is 11.7 Å². The summed E-state index contributed by atoms with van der Waals surface area (Å²) in [6.45, 7) is 6.38. The molecule has 0 aromatic carbocycles. The van der Waals surface area contributed by atoms with Crippen LogP contribution in [-0.2, 0) is 6.54 Å². The molecule has 1 fully saturated rings. The predicted molar refractivity (Wildman–Crippen MR) is 83.2 cm³/mol. The van der Waals surface area contributed by atoms with Crippen LogP contribution >= 0.6 is 0 Å². The monoisotopic (exact) mass is 293 g/mol. The Kier molecular flexibility index (Phi) is 5.36. The van der Waals surface area contributed by atoms with Crippen molar-refractivity contribution in [3.8, 4) is 0 Å². The summed E-state index contributed by atoms with van der Waals surface area (Å²) in [5, 5.41) is 4.31. The second kappa shape index (κ2) is 7.04. The molecule has 1 atom stereocenters. The fourth-order valence-electron chi connectivity index (χ4n) is 2.97. The third kappa shape index (κ3) is 3.83. The van der Waals surface area contributed by atoms with Crippen molar-refractivity contribution < 1.29 is 4.79 Å². The van der Waals surface area contributed by atoms with Gasteiger partial charge in [0.15, 0.2) is 0 Å². The SMILES string of the molecule is Cc1c(C(=O)N(C)CC2CCN(C)C2)cnn1CCCN. The molecule has 2 rings (SSSR count). The van der Waals surface area contributed by atoms with Gasteiger partial charge in [0.05, 0.1) is 11.8 Å². The first-order valence-electron chi connectivity index (χ1n) is 7.69. The largest absolute Gasteiger partial charge is 0.341 e. The van der Waals surface area contributed by atoms with Crippen LogP contribution in [0.5, 0.6) is 0 Å². The zero-order valence-electron chi connectivity index (χ0n) is 13.4. The molecule has 0 saturated carbocycles. The first-order valence-corrected chi connectivity index (χ1v) is 7.69. The normalized spacial score (nSPS) is 19.1. The molecule has 1 amide bonds. The van der Waals surface area contributed by atoms with Crippen LogP contribution in [-0.4, -0.2) is 65.8 Å². The average molecular weight is 293 g/mol. The average Bonchev–Trinajstić information content (AvgIpc) is 3.02. The molecule has 1 aromatic heterocycles. The highest BCUT2D eigenvalue weighted by molar-refractivity contribution is 5.94. The van der Waals surface area contributed by atoms with E-state index >= 15 is 0 Å². The highest BCUT2D eigenvalue weighted by Crippen LogP contribution is 2.17. The zero-order chi connectivity index (χ0) is 15.4. The third-order valence-corrected chi connectivity index (χ3v) is 4.28.